The Labute approximate surface area is 74.8 Å². The highest BCUT2D eigenvalue weighted by molar-refractivity contribution is 5.99. The van der Waals surface area contributed by atoms with E-state index in [2.05, 4.69) is 5.32 Å². The molecule has 4 nitrogen and oxygen atoms in total. The van der Waals surface area contributed by atoms with Crippen LogP contribution in [0.15, 0.2) is 24.3 Å². The number of fused-ring (bicyclic) bond motifs is 1. The van der Waals surface area contributed by atoms with Crippen LogP contribution < -0.4 is 5.32 Å². The number of hydrogen-bond donors (Lipinski definition) is 3. The first-order chi connectivity index (χ1) is 6.17. The summed E-state index contributed by atoms with van der Waals surface area (Å²) in [5.74, 6) is -0.354. The lowest BCUT2D eigenvalue weighted by Gasteiger charge is -2.20. The zero-order valence-electron chi connectivity index (χ0n) is 6.82. The molecule has 2 rings (SSSR count). The van der Waals surface area contributed by atoms with Crippen molar-refractivity contribution in [3.63, 3.8) is 0 Å². The Morgan fingerprint density at radius 3 is 2.77 bits per heavy atom. The van der Waals surface area contributed by atoms with Gasteiger partial charge < -0.3 is 15.5 Å². The van der Waals surface area contributed by atoms with Crippen LogP contribution in [0.3, 0.4) is 0 Å². The molecule has 0 fully saturated rings. The summed E-state index contributed by atoms with van der Waals surface area (Å²) in [5, 5.41) is 21.0. The van der Waals surface area contributed by atoms with E-state index >= 15 is 0 Å². The molecule has 1 aromatic carbocycles. The minimum Gasteiger partial charge on any atom is -0.391 e. The quantitative estimate of drug-likeness (QED) is 0.547. The second-order valence-electron chi connectivity index (χ2n) is 3.02. The van der Waals surface area contributed by atoms with Crippen molar-refractivity contribution in [3.05, 3.63) is 35.4 Å². The molecule has 0 aromatic heterocycles. The summed E-state index contributed by atoms with van der Waals surface area (Å²) in [6.07, 6.45) is 0. The number of aliphatic hydroxyl groups is 2. The summed E-state index contributed by atoms with van der Waals surface area (Å²) >= 11 is 0. The van der Waals surface area contributed by atoms with E-state index in [0.717, 1.165) is 0 Å². The number of nitrogens with one attached hydrogen (secondary N) is 1. The van der Waals surface area contributed by atoms with Crippen LogP contribution in [0.1, 0.15) is 15.9 Å². The van der Waals surface area contributed by atoms with Gasteiger partial charge in [-0.15, -0.1) is 0 Å². The van der Waals surface area contributed by atoms with Gasteiger partial charge >= 0.3 is 0 Å². The van der Waals surface area contributed by atoms with Crippen LogP contribution in [0.4, 0.5) is 0 Å². The van der Waals surface area contributed by atoms with E-state index in [-0.39, 0.29) is 5.91 Å². The van der Waals surface area contributed by atoms with Crippen molar-refractivity contribution >= 4 is 5.91 Å². The molecular formula is C9H9NO3. The van der Waals surface area contributed by atoms with Crippen molar-refractivity contribution in [3.8, 4) is 0 Å². The first-order valence-electron chi connectivity index (χ1n) is 3.92. The maximum atomic E-state index is 11.3. The van der Waals surface area contributed by atoms with Crippen LogP contribution in [0.5, 0.6) is 0 Å². The molecule has 1 atom stereocenters. The van der Waals surface area contributed by atoms with Crippen LogP contribution >= 0.6 is 0 Å². The molecular weight excluding hydrogens is 170 g/mol. The Kier molecular flexibility index (Phi) is 1.61. The van der Waals surface area contributed by atoms with E-state index in [1.54, 1.807) is 24.3 Å². The van der Waals surface area contributed by atoms with Gasteiger partial charge in [-0.05, 0) is 6.07 Å². The summed E-state index contributed by atoms with van der Waals surface area (Å²) in [5.41, 5.74) is -0.755. The van der Waals surface area contributed by atoms with Crippen molar-refractivity contribution < 1.29 is 15.0 Å². The summed E-state index contributed by atoms with van der Waals surface area (Å²) < 4.78 is 0. The van der Waals surface area contributed by atoms with E-state index in [4.69, 9.17) is 5.11 Å². The molecule has 0 aliphatic carbocycles. The van der Waals surface area contributed by atoms with E-state index in [0.29, 0.717) is 11.1 Å². The van der Waals surface area contributed by atoms with Crippen LogP contribution in [0.2, 0.25) is 0 Å². The Balaban J connectivity index is 2.59. The summed E-state index contributed by atoms with van der Waals surface area (Å²) in [7, 11) is 0. The minimum absolute atomic E-state index is 0.354. The third kappa shape index (κ3) is 1.03. The van der Waals surface area contributed by atoms with Gasteiger partial charge in [0.05, 0.1) is 6.61 Å². The molecule has 1 aliphatic rings. The maximum Gasteiger partial charge on any atom is 0.254 e. The fraction of sp³-hybridized carbons (Fsp3) is 0.222. The fourth-order valence-electron chi connectivity index (χ4n) is 1.49. The van der Waals surface area contributed by atoms with Gasteiger partial charge in [0.15, 0.2) is 5.72 Å². The van der Waals surface area contributed by atoms with Crippen molar-refractivity contribution in [2.45, 2.75) is 5.72 Å². The largest absolute Gasteiger partial charge is 0.391 e. The molecule has 13 heavy (non-hydrogen) atoms. The average Bonchev–Trinajstić information content (AvgIpc) is 2.42. The van der Waals surface area contributed by atoms with Crippen molar-refractivity contribution in [2.24, 2.45) is 0 Å². The zero-order valence-corrected chi connectivity index (χ0v) is 6.82. The number of carbonyl (C=O) groups is 1. The van der Waals surface area contributed by atoms with Gasteiger partial charge in [-0.1, -0.05) is 18.2 Å². The number of carbonyl (C=O) groups excluding carboxylic acids is 1. The first kappa shape index (κ1) is 8.22. The highest BCUT2D eigenvalue weighted by Crippen LogP contribution is 2.27. The van der Waals surface area contributed by atoms with E-state index < -0.39 is 12.3 Å². The molecule has 1 unspecified atom stereocenters. The number of aliphatic hydroxyl groups excluding tert-OH is 1. The SMILES string of the molecule is O=C1NC(O)(CO)c2ccccc21. The van der Waals surface area contributed by atoms with E-state index in [9.17, 15) is 9.90 Å². The fourth-order valence-corrected chi connectivity index (χ4v) is 1.49. The third-order valence-electron chi connectivity index (χ3n) is 2.17. The molecule has 68 valence electrons. The molecule has 0 radical (unpaired) electrons. The molecule has 0 spiro atoms. The average molecular weight is 179 g/mol. The Hall–Kier alpha value is -1.39. The van der Waals surface area contributed by atoms with Gasteiger partial charge in [-0.2, -0.15) is 0 Å². The lowest BCUT2D eigenvalue weighted by atomic mass is 10.0. The first-order valence-corrected chi connectivity index (χ1v) is 3.92. The monoisotopic (exact) mass is 179 g/mol. The second-order valence-corrected chi connectivity index (χ2v) is 3.02. The zero-order chi connectivity index (χ0) is 9.47. The smallest absolute Gasteiger partial charge is 0.254 e. The van der Waals surface area contributed by atoms with Crippen LogP contribution in [0.25, 0.3) is 0 Å². The van der Waals surface area contributed by atoms with Crippen LogP contribution in [-0.2, 0) is 5.72 Å². The van der Waals surface area contributed by atoms with Gasteiger partial charge in [0.1, 0.15) is 0 Å². The van der Waals surface area contributed by atoms with Crippen molar-refractivity contribution in [1.29, 1.82) is 0 Å². The molecule has 1 aromatic rings. The van der Waals surface area contributed by atoms with Gasteiger partial charge in [-0.3, -0.25) is 4.79 Å². The van der Waals surface area contributed by atoms with Crippen LogP contribution in [0, 0.1) is 0 Å². The lowest BCUT2D eigenvalue weighted by molar-refractivity contribution is -0.0345. The normalized spacial score (nSPS) is 25.5. The summed E-state index contributed by atoms with van der Waals surface area (Å²) in [4.78, 5) is 11.3. The van der Waals surface area contributed by atoms with Gasteiger partial charge in [0, 0.05) is 11.1 Å². The standard InChI is InChI=1S/C9H9NO3/c11-5-9(13)7-4-2-1-3-6(7)8(12)10-9/h1-4,11,13H,5H2,(H,10,12). The lowest BCUT2D eigenvalue weighted by Crippen LogP contribution is -2.42. The molecule has 1 amide bonds. The number of hydrogen-bond acceptors (Lipinski definition) is 3. The minimum atomic E-state index is -1.60. The Morgan fingerprint density at radius 1 is 1.38 bits per heavy atom. The second kappa shape index (κ2) is 2.55. The predicted molar refractivity (Wildman–Crippen MR) is 44.9 cm³/mol. The molecule has 4 heteroatoms. The third-order valence-corrected chi connectivity index (χ3v) is 2.17. The van der Waals surface area contributed by atoms with Gasteiger partial charge in [0.2, 0.25) is 0 Å². The van der Waals surface area contributed by atoms with Crippen molar-refractivity contribution in [1.82, 2.24) is 5.32 Å². The van der Waals surface area contributed by atoms with E-state index in [1.165, 1.54) is 0 Å². The molecule has 1 heterocycles. The summed E-state index contributed by atoms with van der Waals surface area (Å²) in [6, 6.07) is 6.64. The molecule has 0 bridgehead atoms. The van der Waals surface area contributed by atoms with Gasteiger partial charge in [-0.25, -0.2) is 0 Å². The molecule has 0 saturated heterocycles. The molecule has 0 saturated carbocycles. The topological polar surface area (TPSA) is 69.6 Å². The summed E-state index contributed by atoms with van der Waals surface area (Å²) in [6.45, 7) is -0.518. The Morgan fingerprint density at radius 2 is 2.08 bits per heavy atom. The van der Waals surface area contributed by atoms with Crippen LogP contribution in [-0.4, -0.2) is 22.7 Å². The highest BCUT2D eigenvalue weighted by Gasteiger charge is 2.40. The highest BCUT2D eigenvalue weighted by atomic mass is 16.3. The molecule has 1 aliphatic heterocycles. The van der Waals surface area contributed by atoms with Crippen molar-refractivity contribution in [2.75, 3.05) is 6.61 Å². The predicted octanol–water partition coefficient (Wildman–Crippen LogP) is -0.433. The number of amides is 1. The Bertz CT molecular complexity index is 364. The maximum absolute atomic E-state index is 11.3. The number of rotatable bonds is 1. The van der Waals surface area contributed by atoms with E-state index in [1.807, 2.05) is 0 Å². The molecule has 3 N–H and O–H groups in total. The van der Waals surface area contributed by atoms with Gasteiger partial charge in [0.25, 0.3) is 5.91 Å². The number of benzene rings is 1.